The lowest BCUT2D eigenvalue weighted by molar-refractivity contribution is -0.115. The van der Waals surface area contributed by atoms with Gasteiger partial charge in [0, 0.05) is 17.6 Å². The maximum Gasteiger partial charge on any atom is 0.265 e. The van der Waals surface area contributed by atoms with Gasteiger partial charge in [0.15, 0.2) is 5.82 Å². The number of hydrogen-bond donors (Lipinski definition) is 4. The minimum Gasteiger partial charge on any atom is -0.351 e. The number of rotatable bonds is 7. The fourth-order valence-electron chi connectivity index (χ4n) is 3.71. The molecule has 162 valence electrons. The number of fused-ring (bicyclic) bond motifs is 1. The Kier molecular flexibility index (Phi) is 6.51. The maximum absolute atomic E-state index is 12.6. The monoisotopic (exact) mass is 420 g/mol. The summed E-state index contributed by atoms with van der Waals surface area (Å²) in [4.78, 5) is 26.0. The topological polar surface area (TPSA) is 120 Å². The SMILES string of the molecule is CCc1ncnc(Nc2ccc3[nH]ncc3c2)c1N=C(C)C(=O)NCC1CCNCC1. The number of aromatic nitrogens is 4. The summed E-state index contributed by atoms with van der Waals surface area (Å²) in [5.41, 5.74) is 3.59. The molecule has 9 nitrogen and oxygen atoms in total. The van der Waals surface area contributed by atoms with Gasteiger partial charge in [-0.1, -0.05) is 6.92 Å². The lowest BCUT2D eigenvalue weighted by Gasteiger charge is -2.22. The van der Waals surface area contributed by atoms with Crippen LogP contribution in [0, 0.1) is 5.92 Å². The number of hydrogen-bond acceptors (Lipinski definition) is 7. The minimum atomic E-state index is -0.157. The molecule has 3 aromatic rings. The fourth-order valence-corrected chi connectivity index (χ4v) is 3.71. The molecule has 3 heterocycles. The van der Waals surface area contributed by atoms with E-state index in [0.717, 1.165) is 48.2 Å². The molecule has 31 heavy (non-hydrogen) atoms. The van der Waals surface area contributed by atoms with Crippen LogP contribution in [0.15, 0.2) is 35.7 Å². The van der Waals surface area contributed by atoms with Crippen LogP contribution in [0.3, 0.4) is 0 Å². The van der Waals surface area contributed by atoms with E-state index >= 15 is 0 Å². The van der Waals surface area contributed by atoms with Crippen molar-refractivity contribution in [2.75, 3.05) is 25.0 Å². The first-order valence-electron chi connectivity index (χ1n) is 10.7. The number of carbonyl (C=O) groups is 1. The van der Waals surface area contributed by atoms with E-state index in [1.54, 1.807) is 13.1 Å². The summed E-state index contributed by atoms with van der Waals surface area (Å²) in [7, 11) is 0. The van der Waals surface area contributed by atoms with Gasteiger partial charge in [-0.05, 0) is 63.4 Å². The first-order chi connectivity index (χ1) is 15.1. The highest BCUT2D eigenvalue weighted by Crippen LogP contribution is 2.30. The molecule has 0 radical (unpaired) electrons. The van der Waals surface area contributed by atoms with Crippen LogP contribution >= 0.6 is 0 Å². The van der Waals surface area contributed by atoms with Gasteiger partial charge in [0.2, 0.25) is 0 Å². The van der Waals surface area contributed by atoms with E-state index in [1.807, 2.05) is 25.1 Å². The lowest BCUT2D eigenvalue weighted by Crippen LogP contribution is -2.38. The summed E-state index contributed by atoms with van der Waals surface area (Å²) >= 11 is 0. The fraction of sp³-hybridized carbons (Fsp3) is 0.409. The van der Waals surface area contributed by atoms with Crippen LogP contribution in [0.4, 0.5) is 17.2 Å². The van der Waals surface area contributed by atoms with Crippen LogP contribution in [0.5, 0.6) is 0 Å². The van der Waals surface area contributed by atoms with Gasteiger partial charge in [0.1, 0.15) is 17.7 Å². The van der Waals surface area contributed by atoms with Crippen LogP contribution < -0.4 is 16.0 Å². The second-order valence-corrected chi connectivity index (χ2v) is 7.77. The van der Waals surface area contributed by atoms with Crippen molar-refractivity contribution in [3.05, 3.63) is 36.4 Å². The van der Waals surface area contributed by atoms with Crippen molar-refractivity contribution < 1.29 is 4.79 Å². The number of nitrogens with zero attached hydrogens (tertiary/aromatic N) is 4. The Morgan fingerprint density at radius 1 is 1.26 bits per heavy atom. The quantitative estimate of drug-likeness (QED) is 0.436. The number of piperidine rings is 1. The molecular weight excluding hydrogens is 392 g/mol. The van der Waals surface area contributed by atoms with Crippen LogP contribution in [-0.2, 0) is 11.2 Å². The number of carbonyl (C=O) groups excluding carboxylic acids is 1. The Bertz CT molecular complexity index is 1080. The Balaban J connectivity index is 1.53. The molecule has 0 aliphatic carbocycles. The molecule has 1 aliphatic heterocycles. The molecule has 1 saturated heterocycles. The van der Waals surface area contributed by atoms with Gasteiger partial charge in [-0.3, -0.25) is 9.89 Å². The Hall–Kier alpha value is -3.33. The highest BCUT2D eigenvalue weighted by Gasteiger charge is 2.16. The number of nitrogens with one attached hydrogen (secondary N) is 4. The van der Waals surface area contributed by atoms with Crippen molar-refractivity contribution in [1.82, 2.24) is 30.8 Å². The zero-order valence-corrected chi connectivity index (χ0v) is 17.9. The summed E-state index contributed by atoms with van der Waals surface area (Å²) in [5.74, 6) is 0.926. The van der Waals surface area contributed by atoms with E-state index in [2.05, 4.69) is 41.1 Å². The maximum atomic E-state index is 12.6. The second kappa shape index (κ2) is 9.65. The zero-order chi connectivity index (χ0) is 21.6. The van der Waals surface area contributed by atoms with Crippen LogP contribution in [0.2, 0.25) is 0 Å². The molecule has 1 aromatic carbocycles. The predicted molar refractivity (Wildman–Crippen MR) is 122 cm³/mol. The molecule has 0 spiro atoms. The summed E-state index contributed by atoms with van der Waals surface area (Å²) < 4.78 is 0. The molecule has 0 bridgehead atoms. The van der Waals surface area contributed by atoms with Gasteiger partial charge >= 0.3 is 0 Å². The second-order valence-electron chi connectivity index (χ2n) is 7.77. The molecular formula is C22H28N8O. The van der Waals surface area contributed by atoms with E-state index < -0.39 is 0 Å². The molecule has 0 unspecified atom stereocenters. The average molecular weight is 421 g/mol. The van der Waals surface area contributed by atoms with Crippen molar-refractivity contribution in [3.8, 4) is 0 Å². The summed E-state index contributed by atoms with van der Waals surface area (Å²) in [6.07, 6.45) is 6.13. The van der Waals surface area contributed by atoms with E-state index in [1.165, 1.54) is 6.33 Å². The third kappa shape index (κ3) is 5.05. The van der Waals surface area contributed by atoms with E-state index in [0.29, 0.717) is 36.1 Å². The van der Waals surface area contributed by atoms with Crippen molar-refractivity contribution in [1.29, 1.82) is 0 Å². The summed E-state index contributed by atoms with van der Waals surface area (Å²) in [6, 6.07) is 5.88. The number of anilines is 2. The molecule has 0 atom stereocenters. The highest BCUT2D eigenvalue weighted by atomic mass is 16.1. The molecule has 4 N–H and O–H groups in total. The molecule has 4 rings (SSSR count). The van der Waals surface area contributed by atoms with E-state index in [4.69, 9.17) is 0 Å². The van der Waals surface area contributed by atoms with Gasteiger partial charge < -0.3 is 16.0 Å². The Labute approximate surface area is 181 Å². The van der Waals surface area contributed by atoms with Crippen molar-refractivity contribution in [3.63, 3.8) is 0 Å². The molecule has 0 saturated carbocycles. The number of aryl methyl sites for hydroxylation is 1. The van der Waals surface area contributed by atoms with Gasteiger partial charge in [0.05, 0.1) is 17.4 Å². The standard InChI is InChI=1S/C22H28N8O/c1-3-18-20(28-14(2)22(31)24-11-15-6-8-23-9-7-15)21(26-13-25-18)29-17-4-5-19-16(10-17)12-27-30-19/h4-5,10,12-13,15,23H,3,6-9,11H2,1-2H3,(H,24,31)(H,27,30)(H,25,26,29). The van der Waals surface area contributed by atoms with Crippen LogP contribution in [-0.4, -0.2) is 51.4 Å². The largest absolute Gasteiger partial charge is 0.351 e. The van der Waals surface area contributed by atoms with Crippen LogP contribution in [0.1, 0.15) is 32.4 Å². The van der Waals surface area contributed by atoms with Gasteiger partial charge in [0.25, 0.3) is 5.91 Å². The normalized spacial score (nSPS) is 15.2. The zero-order valence-electron chi connectivity index (χ0n) is 17.9. The summed E-state index contributed by atoms with van der Waals surface area (Å²) in [5, 5.41) is 17.7. The molecule has 9 heteroatoms. The molecule has 1 fully saturated rings. The van der Waals surface area contributed by atoms with Gasteiger partial charge in [-0.25, -0.2) is 15.0 Å². The average Bonchev–Trinajstić information content (AvgIpc) is 3.27. The van der Waals surface area contributed by atoms with Gasteiger partial charge in [-0.15, -0.1) is 0 Å². The first kappa shape index (κ1) is 20.9. The Morgan fingerprint density at radius 3 is 2.90 bits per heavy atom. The third-order valence-electron chi connectivity index (χ3n) is 5.55. The number of aromatic amines is 1. The third-order valence-corrected chi connectivity index (χ3v) is 5.55. The molecule has 2 aromatic heterocycles. The number of benzene rings is 1. The van der Waals surface area contributed by atoms with Crippen molar-refractivity contribution in [2.24, 2.45) is 10.9 Å². The summed E-state index contributed by atoms with van der Waals surface area (Å²) in [6.45, 7) is 6.43. The number of amides is 1. The highest BCUT2D eigenvalue weighted by molar-refractivity contribution is 6.38. The lowest BCUT2D eigenvalue weighted by atomic mass is 9.98. The van der Waals surface area contributed by atoms with E-state index in [-0.39, 0.29) is 5.91 Å². The van der Waals surface area contributed by atoms with Crippen LogP contribution in [0.25, 0.3) is 10.9 Å². The predicted octanol–water partition coefficient (Wildman–Crippen LogP) is 2.87. The number of H-pyrrole nitrogens is 1. The minimum absolute atomic E-state index is 0.157. The number of aliphatic imine (C=N–C) groups is 1. The molecule has 1 aliphatic rings. The Morgan fingerprint density at radius 2 is 2.10 bits per heavy atom. The van der Waals surface area contributed by atoms with E-state index in [9.17, 15) is 4.79 Å². The van der Waals surface area contributed by atoms with Crippen molar-refractivity contribution >= 4 is 39.7 Å². The molecule has 1 amide bonds. The smallest absolute Gasteiger partial charge is 0.265 e. The first-order valence-corrected chi connectivity index (χ1v) is 10.7. The van der Waals surface area contributed by atoms with Gasteiger partial charge in [-0.2, -0.15) is 5.10 Å². The van der Waals surface area contributed by atoms with Crippen molar-refractivity contribution in [2.45, 2.75) is 33.1 Å².